The van der Waals surface area contributed by atoms with E-state index in [4.69, 9.17) is 9.15 Å². The van der Waals surface area contributed by atoms with Gasteiger partial charge in [-0.1, -0.05) is 0 Å². The highest BCUT2D eigenvalue weighted by Crippen LogP contribution is 2.17. The highest BCUT2D eigenvalue weighted by molar-refractivity contribution is 6.01. The summed E-state index contributed by atoms with van der Waals surface area (Å²) in [6, 6.07) is 10.8. The van der Waals surface area contributed by atoms with Crippen molar-refractivity contribution >= 4 is 11.7 Å². The third-order valence-corrected chi connectivity index (χ3v) is 3.48. The first-order valence-electron chi connectivity index (χ1n) is 7.85. The van der Waals surface area contributed by atoms with Crippen LogP contribution in [-0.2, 0) is 6.61 Å². The van der Waals surface area contributed by atoms with E-state index in [0.29, 0.717) is 17.3 Å². The van der Waals surface area contributed by atoms with Crippen LogP contribution < -0.4 is 10.1 Å². The number of amides is 1. The monoisotopic (exact) mass is 343 g/mol. The summed E-state index contributed by atoms with van der Waals surface area (Å²) in [7, 11) is 0. The summed E-state index contributed by atoms with van der Waals surface area (Å²) < 4.78 is 25.5. The second kappa shape index (κ2) is 7.21. The standard InChI is InChI=1S/C18H18FN3O3/c1-12(2)22-17(9-10-20-22)21-18(23)16-8-7-15(25-16)11-24-14-5-3-13(19)4-6-14/h3-10,12H,11H2,1-2H3,(H,21,23). The number of benzene rings is 1. The summed E-state index contributed by atoms with van der Waals surface area (Å²) in [4.78, 5) is 12.3. The maximum Gasteiger partial charge on any atom is 0.292 e. The van der Waals surface area contributed by atoms with Gasteiger partial charge in [-0.15, -0.1) is 0 Å². The van der Waals surface area contributed by atoms with Crippen molar-refractivity contribution in [2.24, 2.45) is 0 Å². The molecule has 0 aliphatic rings. The average Bonchev–Trinajstić information content (AvgIpc) is 3.23. The van der Waals surface area contributed by atoms with Gasteiger partial charge >= 0.3 is 0 Å². The first-order valence-corrected chi connectivity index (χ1v) is 7.85. The number of anilines is 1. The lowest BCUT2D eigenvalue weighted by Gasteiger charge is -2.10. The Morgan fingerprint density at radius 2 is 2.00 bits per heavy atom. The van der Waals surface area contributed by atoms with E-state index in [1.807, 2.05) is 13.8 Å². The van der Waals surface area contributed by atoms with Gasteiger partial charge < -0.3 is 14.5 Å². The molecule has 3 rings (SSSR count). The topological polar surface area (TPSA) is 69.3 Å². The molecule has 1 aromatic carbocycles. The summed E-state index contributed by atoms with van der Waals surface area (Å²) in [5.74, 6) is 1.09. The maximum absolute atomic E-state index is 12.9. The molecule has 0 unspecified atom stereocenters. The Bertz CT molecular complexity index is 853. The minimum atomic E-state index is -0.365. The van der Waals surface area contributed by atoms with Crippen molar-refractivity contribution in [2.45, 2.75) is 26.5 Å². The maximum atomic E-state index is 12.9. The van der Waals surface area contributed by atoms with Crippen LogP contribution in [0.3, 0.4) is 0 Å². The Kier molecular flexibility index (Phi) is 4.83. The average molecular weight is 343 g/mol. The number of hydrogen-bond acceptors (Lipinski definition) is 4. The van der Waals surface area contributed by atoms with E-state index in [-0.39, 0.29) is 30.1 Å². The Morgan fingerprint density at radius 3 is 2.72 bits per heavy atom. The molecule has 0 aliphatic carbocycles. The van der Waals surface area contributed by atoms with E-state index in [1.54, 1.807) is 29.1 Å². The quantitative estimate of drug-likeness (QED) is 0.734. The van der Waals surface area contributed by atoms with Crippen molar-refractivity contribution in [3.8, 4) is 5.75 Å². The van der Waals surface area contributed by atoms with Gasteiger partial charge in [0.05, 0.1) is 6.20 Å². The Balaban J connectivity index is 1.61. The fourth-order valence-electron chi connectivity index (χ4n) is 2.27. The zero-order chi connectivity index (χ0) is 17.8. The lowest BCUT2D eigenvalue weighted by molar-refractivity contribution is 0.0991. The zero-order valence-corrected chi connectivity index (χ0v) is 13.9. The fraction of sp³-hybridized carbons (Fsp3) is 0.222. The summed E-state index contributed by atoms with van der Waals surface area (Å²) in [6.07, 6.45) is 1.62. The number of furan rings is 1. The van der Waals surface area contributed by atoms with E-state index in [9.17, 15) is 9.18 Å². The van der Waals surface area contributed by atoms with E-state index in [0.717, 1.165) is 0 Å². The smallest absolute Gasteiger partial charge is 0.292 e. The molecule has 0 saturated heterocycles. The molecular formula is C18H18FN3O3. The molecule has 1 amide bonds. The van der Waals surface area contributed by atoms with Crippen molar-refractivity contribution < 1.29 is 18.3 Å². The lowest BCUT2D eigenvalue weighted by Crippen LogP contribution is -2.16. The minimum absolute atomic E-state index is 0.126. The summed E-state index contributed by atoms with van der Waals surface area (Å²) in [6.45, 7) is 4.09. The third-order valence-electron chi connectivity index (χ3n) is 3.48. The predicted molar refractivity (Wildman–Crippen MR) is 90.0 cm³/mol. The van der Waals surface area contributed by atoms with Crippen LogP contribution in [0.25, 0.3) is 0 Å². The van der Waals surface area contributed by atoms with Crippen LogP contribution in [-0.4, -0.2) is 15.7 Å². The molecule has 6 nitrogen and oxygen atoms in total. The van der Waals surface area contributed by atoms with E-state index in [2.05, 4.69) is 10.4 Å². The van der Waals surface area contributed by atoms with Crippen molar-refractivity contribution in [3.63, 3.8) is 0 Å². The van der Waals surface area contributed by atoms with Gasteiger partial charge in [-0.3, -0.25) is 4.79 Å². The van der Waals surface area contributed by atoms with E-state index in [1.165, 1.54) is 24.3 Å². The van der Waals surface area contributed by atoms with Crippen LogP contribution in [0.4, 0.5) is 10.2 Å². The molecule has 0 aliphatic heterocycles. The van der Waals surface area contributed by atoms with Gasteiger partial charge in [-0.2, -0.15) is 5.10 Å². The number of carbonyl (C=O) groups excluding carboxylic acids is 1. The van der Waals surface area contributed by atoms with Gasteiger partial charge in [-0.05, 0) is 50.2 Å². The highest BCUT2D eigenvalue weighted by Gasteiger charge is 2.15. The highest BCUT2D eigenvalue weighted by atomic mass is 19.1. The first-order chi connectivity index (χ1) is 12.0. The van der Waals surface area contributed by atoms with Crippen LogP contribution in [0.5, 0.6) is 5.75 Å². The van der Waals surface area contributed by atoms with Crippen molar-refractivity contribution in [2.75, 3.05) is 5.32 Å². The van der Waals surface area contributed by atoms with Crippen molar-refractivity contribution in [1.82, 2.24) is 9.78 Å². The molecule has 0 atom stereocenters. The van der Waals surface area contributed by atoms with Crippen LogP contribution in [0, 0.1) is 5.82 Å². The van der Waals surface area contributed by atoms with Crippen molar-refractivity contribution in [1.29, 1.82) is 0 Å². The molecule has 3 aromatic rings. The molecule has 2 aromatic heterocycles. The molecule has 0 fully saturated rings. The van der Waals surface area contributed by atoms with E-state index < -0.39 is 0 Å². The molecule has 0 bridgehead atoms. The minimum Gasteiger partial charge on any atom is -0.486 e. The fourth-order valence-corrected chi connectivity index (χ4v) is 2.27. The van der Waals surface area contributed by atoms with Gasteiger partial charge in [0.1, 0.15) is 29.8 Å². The van der Waals surface area contributed by atoms with Crippen LogP contribution in [0.15, 0.2) is 53.1 Å². The molecule has 1 N–H and O–H groups in total. The normalized spacial score (nSPS) is 10.9. The number of halogens is 1. The number of nitrogens with one attached hydrogen (secondary N) is 1. The Morgan fingerprint density at radius 1 is 1.24 bits per heavy atom. The molecule has 0 saturated carbocycles. The lowest BCUT2D eigenvalue weighted by atomic mass is 10.3. The second-order valence-electron chi connectivity index (χ2n) is 5.72. The van der Waals surface area contributed by atoms with Gasteiger partial charge in [0.2, 0.25) is 0 Å². The molecule has 25 heavy (non-hydrogen) atoms. The summed E-state index contributed by atoms with van der Waals surface area (Å²) >= 11 is 0. The number of ether oxygens (including phenoxy) is 1. The van der Waals surface area contributed by atoms with Crippen LogP contribution in [0.2, 0.25) is 0 Å². The number of carbonyl (C=O) groups is 1. The van der Waals surface area contributed by atoms with Gasteiger partial charge in [0, 0.05) is 12.1 Å². The number of aromatic nitrogens is 2. The van der Waals surface area contributed by atoms with E-state index >= 15 is 0 Å². The van der Waals surface area contributed by atoms with Gasteiger partial charge in [0.25, 0.3) is 5.91 Å². The molecule has 130 valence electrons. The van der Waals surface area contributed by atoms with Gasteiger partial charge in [0.15, 0.2) is 5.76 Å². The van der Waals surface area contributed by atoms with Crippen LogP contribution >= 0.6 is 0 Å². The second-order valence-corrected chi connectivity index (χ2v) is 5.72. The summed E-state index contributed by atoms with van der Waals surface area (Å²) in [5.41, 5.74) is 0. The largest absolute Gasteiger partial charge is 0.486 e. The number of rotatable bonds is 6. The molecular weight excluding hydrogens is 325 g/mol. The van der Waals surface area contributed by atoms with Crippen molar-refractivity contribution in [3.05, 3.63) is 66.0 Å². The predicted octanol–water partition coefficient (Wildman–Crippen LogP) is 4.03. The SMILES string of the molecule is CC(C)n1nccc1NC(=O)c1ccc(COc2ccc(F)cc2)o1. The first kappa shape index (κ1) is 16.8. The van der Waals surface area contributed by atoms with Gasteiger partial charge in [-0.25, -0.2) is 9.07 Å². The third kappa shape index (κ3) is 4.06. The number of hydrogen-bond donors (Lipinski definition) is 1. The molecule has 0 spiro atoms. The molecule has 0 radical (unpaired) electrons. The summed E-state index contributed by atoms with van der Waals surface area (Å²) in [5, 5.41) is 6.93. The zero-order valence-electron chi connectivity index (χ0n) is 13.9. The molecule has 2 heterocycles. The Labute approximate surface area is 144 Å². The Hall–Kier alpha value is -3.09. The number of nitrogens with zero attached hydrogens (tertiary/aromatic N) is 2. The van der Waals surface area contributed by atoms with Crippen LogP contribution in [0.1, 0.15) is 36.2 Å². The molecule has 7 heteroatoms.